The minimum atomic E-state index is 0.216. The second kappa shape index (κ2) is 7.90. The van der Waals surface area contributed by atoms with Crippen LogP contribution in [0.2, 0.25) is 0 Å². The van der Waals surface area contributed by atoms with Gasteiger partial charge in [0.2, 0.25) is 0 Å². The van der Waals surface area contributed by atoms with E-state index in [1.807, 2.05) is 0 Å². The summed E-state index contributed by atoms with van der Waals surface area (Å²) in [5, 5.41) is 15.7. The standard InChI is InChI=1S/C22H31N3OS/c1-22(2)9-3-4-16-5-6-17(14-19(16)22)20-15-27-21(24-20)25-11-7-18(8-12-25)23-10-13-26/h5-6,14-15,18,23,26H,3-4,7-13H2,1-2H3. The number of aliphatic hydroxyl groups is 1. The second-order valence-electron chi connectivity index (χ2n) is 8.56. The van der Waals surface area contributed by atoms with Crippen LogP contribution in [0.1, 0.15) is 50.7 Å². The van der Waals surface area contributed by atoms with Gasteiger partial charge in [0.05, 0.1) is 12.3 Å². The first kappa shape index (κ1) is 18.9. The summed E-state index contributed by atoms with van der Waals surface area (Å²) in [6, 6.07) is 7.49. The van der Waals surface area contributed by atoms with Gasteiger partial charge in [-0.05, 0) is 54.7 Å². The summed E-state index contributed by atoms with van der Waals surface area (Å²) in [5.41, 5.74) is 5.66. The number of fused-ring (bicyclic) bond motifs is 1. The molecule has 5 heteroatoms. The fourth-order valence-electron chi connectivity index (χ4n) is 4.52. The van der Waals surface area contributed by atoms with Gasteiger partial charge in [0, 0.05) is 36.6 Å². The van der Waals surface area contributed by atoms with Gasteiger partial charge in [-0.1, -0.05) is 26.0 Å². The summed E-state index contributed by atoms with van der Waals surface area (Å²) < 4.78 is 0. The zero-order valence-electron chi connectivity index (χ0n) is 16.5. The molecular formula is C22H31N3OS. The molecule has 0 saturated carbocycles. The summed E-state index contributed by atoms with van der Waals surface area (Å²) in [6.07, 6.45) is 6.00. The number of nitrogens with zero attached hydrogens (tertiary/aromatic N) is 2. The van der Waals surface area contributed by atoms with Gasteiger partial charge < -0.3 is 15.3 Å². The first-order valence-electron chi connectivity index (χ1n) is 10.3. The Hall–Kier alpha value is -1.43. The first-order chi connectivity index (χ1) is 13.1. The predicted octanol–water partition coefficient (Wildman–Crippen LogP) is 3.97. The van der Waals surface area contributed by atoms with Gasteiger partial charge in [0.1, 0.15) is 0 Å². The van der Waals surface area contributed by atoms with Crippen molar-refractivity contribution in [3.8, 4) is 11.3 Å². The summed E-state index contributed by atoms with van der Waals surface area (Å²) in [6.45, 7) is 7.72. The molecule has 1 fully saturated rings. The third-order valence-corrected chi connectivity index (χ3v) is 7.09. The molecule has 0 radical (unpaired) electrons. The molecule has 1 aliphatic heterocycles. The maximum absolute atomic E-state index is 8.96. The Labute approximate surface area is 166 Å². The molecule has 0 unspecified atom stereocenters. The van der Waals surface area contributed by atoms with Crippen molar-refractivity contribution in [3.63, 3.8) is 0 Å². The molecule has 4 rings (SSSR count). The summed E-state index contributed by atoms with van der Waals surface area (Å²) in [7, 11) is 0. The van der Waals surface area contributed by atoms with E-state index in [9.17, 15) is 0 Å². The Morgan fingerprint density at radius 1 is 1.30 bits per heavy atom. The highest BCUT2D eigenvalue weighted by Crippen LogP contribution is 2.39. The Morgan fingerprint density at radius 3 is 2.89 bits per heavy atom. The second-order valence-corrected chi connectivity index (χ2v) is 9.40. The summed E-state index contributed by atoms with van der Waals surface area (Å²) in [5.74, 6) is 0. The third-order valence-electron chi connectivity index (χ3n) is 6.19. The van der Waals surface area contributed by atoms with E-state index in [4.69, 9.17) is 10.1 Å². The fraction of sp³-hybridized carbons (Fsp3) is 0.591. The van der Waals surface area contributed by atoms with Crippen molar-refractivity contribution in [1.29, 1.82) is 0 Å². The first-order valence-corrected chi connectivity index (χ1v) is 11.1. The summed E-state index contributed by atoms with van der Waals surface area (Å²) >= 11 is 1.76. The molecule has 1 aliphatic carbocycles. The number of hydrogen-bond acceptors (Lipinski definition) is 5. The van der Waals surface area contributed by atoms with Crippen LogP contribution in [-0.2, 0) is 11.8 Å². The highest BCUT2D eigenvalue weighted by molar-refractivity contribution is 7.14. The number of aliphatic hydroxyl groups excluding tert-OH is 1. The van der Waals surface area contributed by atoms with Crippen molar-refractivity contribution in [2.75, 3.05) is 31.1 Å². The van der Waals surface area contributed by atoms with Crippen LogP contribution in [0.25, 0.3) is 11.3 Å². The van der Waals surface area contributed by atoms with Crippen LogP contribution < -0.4 is 10.2 Å². The van der Waals surface area contributed by atoms with Crippen LogP contribution in [0, 0.1) is 0 Å². The van der Waals surface area contributed by atoms with E-state index in [2.05, 4.69) is 47.6 Å². The molecule has 1 saturated heterocycles. The van der Waals surface area contributed by atoms with E-state index in [1.165, 1.54) is 36.0 Å². The van der Waals surface area contributed by atoms with E-state index < -0.39 is 0 Å². The largest absolute Gasteiger partial charge is 0.395 e. The molecule has 2 N–H and O–H groups in total. The van der Waals surface area contributed by atoms with Gasteiger partial charge in [-0.2, -0.15) is 0 Å². The van der Waals surface area contributed by atoms with Crippen molar-refractivity contribution in [3.05, 3.63) is 34.7 Å². The maximum Gasteiger partial charge on any atom is 0.185 e. The fourth-order valence-corrected chi connectivity index (χ4v) is 5.41. The topological polar surface area (TPSA) is 48.4 Å². The molecule has 27 heavy (non-hydrogen) atoms. The van der Waals surface area contributed by atoms with Crippen molar-refractivity contribution in [2.24, 2.45) is 0 Å². The normalized spacial score (nSPS) is 19.9. The predicted molar refractivity (Wildman–Crippen MR) is 114 cm³/mol. The van der Waals surface area contributed by atoms with Gasteiger partial charge in [0.15, 0.2) is 5.13 Å². The minimum Gasteiger partial charge on any atom is -0.395 e. The molecule has 1 aromatic carbocycles. The highest BCUT2D eigenvalue weighted by atomic mass is 32.1. The zero-order valence-corrected chi connectivity index (χ0v) is 17.3. The third kappa shape index (κ3) is 4.05. The lowest BCUT2D eigenvalue weighted by atomic mass is 9.72. The van der Waals surface area contributed by atoms with E-state index in [-0.39, 0.29) is 12.0 Å². The molecule has 2 heterocycles. The van der Waals surface area contributed by atoms with Gasteiger partial charge in [0.25, 0.3) is 0 Å². The number of rotatable bonds is 5. The quantitative estimate of drug-likeness (QED) is 0.817. The van der Waals surface area contributed by atoms with Gasteiger partial charge in [-0.3, -0.25) is 0 Å². The number of anilines is 1. The number of hydrogen-bond donors (Lipinski definition) is 2. The molecular weight excluding hydrogens is 354 g/mol. The molecule has 1 aromatic heterocycles. The van der Waals surface area contributed by atoms with Gasteiger partial charge >= 0.3 is 0 Å². The lowest BCUT2D eigenvalue weighted by Crippen LogP contribution is -2.43. The summed E-state index contributed by atoms with van der Waals surface area (Å²) in [4.78, 5) is 7.38. The number of piperidine rings is 1. The van der Waals surface area contributed by atoms with Gasteiger partial charge in [-0.15, -0.1) is 11.3 Å². The molecule has 2 aliphatic rings. The Morgan fingerprint density at radius 2 is 2.11 bits per heavy atom. The molecule has 0 atom stereocenters. The van der Waals surface area contributed by atoms with Crippen LogP contribution >= 0.6 is 11.3 Å². The molecule has 4 nitrogen and oxygen atoms in total. The number of benzene rings is 1. The minimum absolute atomic E-state index is 0.216. The number of nitrogens with one attached hydrogen (secondary N) is 1. The van der Waals surface area contributed by atoms with Crippen molar-refractivity contribution in [2.45, 2.75) is 57.4 Å². The number of aromatic nitrogens is 1. The van der Waals surface area contributed by atoms with Crippen LogP contribution in [0.3, 0.4) is 0 Å². The van der Waals surface area contributed by atoms with E-state index >= 15 is 0 Å². The van der Waals surface area contributed by atoms with Gasteiger partial charge in [-0.25, -0.2) is 4.98 Å². The van der Waals surface area contributed by atoms with E-state index in [0.29, 0.717) is 12.6 Å². The Bertz CT molecular complexity index is 778. The van der Waals surface area contributed by atoms with Crippen LogP contribution in [0.4, 0.5) is 5.13 Å². The van der Waals surface area contributed by atoms with Crippen LogP contribution in [0.15, 0.2) is 23.6 Å². The lowest BCUT2D eigenvalue weighted by Gasteiger charge is -2.33. The maximum atomic E-state index is 8.96. The smallest absolute Gasteiger partial charge is 0.185 e. The van der Waals surface area contributed by atoms with Crippen LogP contribution in [0.5, 0.6) is 0 Å². The van der Waals surface area contributed by atoms with Crippen molar-refractivity contribution in [1.82, 2.24) is 10.3 Å². The number of aryl methyl sites for hydroxylation is 1. The molecule has 146 valence electrons. The zero-order chi connectivity index (χ0) is 18.9. The molecule has 0 amide bonds. The lowest BCUT2D eigenvalue weighted by molar-refractivity contribution is 0.277. The average Bonchev–Trinajstić information content (AvgIpc) is 3.17. The highest BCUT2D eigenvalue weighted by Gasteiger charge is 2.28. The van der Waals surface area contributed by atoms with E-state index in [1.54, 1.807) is 11.3 Å². The monoisotopic (exact) mass is 385 g/mol. The Kier molecular flexibility index (Phi) is 5.53. The van der Waals surface area contributed by atoms with Crippen molar-refractivity contribution >= 4 is 16.5 Å². The average molecular weight is 386 g/mol. The number of thiazole rings is 1. The SMILES string of the molecule is CC1(C)CCCc2ccc(-c3csc(N4CCC(NCCO)CC4)n3)cc21. The molecule has 0 spiro atoms. The molecule has 2 aromatic rings. The Balaban J connectivity index is 1.47. The van der Waals surface area contributed by atoms with Crippen LogP contribution in [-0.4, -0.2) is 42.4 Å². The molecule has 0 bridgehead atoms. The van der Waals surface area contributed by atoms with E-state index in [0.717, 1.165) is 36.8 Å². The van der Waals surface area contributed by atoms with Crippen molar-refractivity contribution < 1.29 is 5.11 Å².